The summed E-state index contributed by atoms with van der Waals surface area (Å²) in [5, 5.41) is 19.7. The largest absolute Gasteiger partial charge is 0.391 e. The van der Waals surface area contributed by atoms with E-state index in [4.69, 9.17) is 25.8 Å². The van der Waals surface area contributed by atoms with Crippen LogP contribution in [0.15, 0.2) is 0 Å². The second kappa shape index (κ2) is 3.54. The van der Waals surface area contributed by atoms with Crippen LogP contribution in [0, 0.1) is 11.8 Å². The minimum atomic E-state index is -1.17. The molecule has 0 aromatic heterocycles. The van der Waals surface area contributed by atoms with Crippen molar-refractivity contribution in [1.82, 2.24) is 0 Å². The molecule has 0 aromatic rings. The number of halogens is 1. The van der Waals surface area contributed by atoms with Crippen molar-refractivity contribution in [2.24, 2.45) is 11.8 Å². The summed E-state index contributed by atoms with van der Waals surface area (Å²) in [6, 6.07) is 0. The van der Waals surface area contributed by atoms with Crippen LogP contribution >= 0.6 is 11.6 Å². The number of hydrogen-bond donors (Lipinski definition) is 2. The molecule has 0 bridgehead atoms. The van der Waals surface area contributed by atoms with E-state index in [1.54, 1.807) is 7.11 Å². The van der Waals surface area contributed by atoms with Crippen LogP contribution in [0.25, 0.3) is 0 Å². The predicted molar refractivity (Wildman–Crippen MR) is 53.8 cm³/mol. The van der Waals surface area contributed by atoms with E-state index in [-0.39, 0.29) is 18.4 Å². The molecule has 3 rings (SSSR count). The maximum absolute atomic E-state index is 10.4. The molecule has 2 saturated heterocycles. The molecule has 2 aliphatic heterocycles. The van der Waals surface area contributed by atoms with Crippen molar-refractivity contribution in [3.63, 3.8) is 0 Å². The molecule has 0 spiro atoms. The number of aliphatic hydroxyl groups is 2. The Bertz CT molecular complexity index is 301. The van der Waals surface area contributed by atoms with Crippen LogP contribution in [0.5, 0.6) is 0 Å². The van der Waals surface area contributed by atoms with Crippen LogP contribution < -0.4 is 0 Å². The van der Waals surface area contributed by atoms with E-state index in [1.165, 1.54) is 0 Å². The Labute approximate surface area is 98.2 Å². The zero-order valence-electron chi connectivity index (χ0n) is 8.88. The molecule has 16 heavy (non-hydrogen) atoms. The summed E-state index contributed by atoms with van der Waals surface area (Å²) in [5.74, 6) is -0.380. The summed E-state index contributed by atoms with van der Waals surface area (Å²) in [4.78, 5) is 0. The van der Waals surface area contributed by atoms with Crippen molar-refractivity contribution in [2.75, 3.05) is 13.7 Å². The van der Waals surface area contributed by atoms with Gasteiger partial charge in [-0.1, -0.05) is 0 Å². The van der Waals surface area contributed by atoms with Crippen LogP contribution in [0.3, 0.4) is 0 Å². The fourth-order valence-corrected chi connectivity index (χ4v) is 3.60. The molecule has 4 unspecified atom stereocenters. The first-order chi connectivity index (χ1) is 7.58. The van der Waals surface area contributed by atoms with Gasteiger partial charge in [-0.3, -0.25) is 0 Å². The lowest BCUT2D eigenvalue weighted by molar-refractivity contribution is -0.274. The highest BCUT2D eigenvalue weighted by molar-refractivity contribution is 6.22. The Kier molecular flexibility index (Phi) is 2.48. The molecule has 1 saturated carbocycles. The first kappa shape index (κ1) is 11.2. The zero-order valence-corrected chi connectivity index (χ0v) is 9.63. The Hall–Kier alpha value is 0.0900. The molecule has 3 fully saturated rings. The van der Waals surface area contributed by atoms with E-state index >= 15 is 0 Å². The highest BCUT2D eigenvalue weighted by Crippen LogP contribution is 2.54. The minimum Gasteiger partial charge on any atom is -0.391 e. The van der Waals surface area contributed by atoms with Crippen LogP contribution in [0.1, 0.15) is 6.42 Å². The number of hydrogen-bond acceptors (Lipinski definition) is 5. The molecule has 0 radical (unpaired) electrons. The number of aliphatic hydroxyl groups excluding tert-OH is 1. The molecule has 6 heteroatoms. The van der Waals surface area contributed by atoms with E-state index in [2.05, 4.69) is 0 Å². The second-order valence-electron chi connectivity index (χ2n) is 4.79. The predicted octanol–water partition coefficient (Wildman–Crippen LogP) is -0.319. The molecule has 92 valence electrons. The zero-order chi connectivity index (χ0) is 11.5. The molecular formula is C10H15ClO5. The van der Waals surface area contributed by atoms with Crippen molar-refractivity contribution in [1.29, 1.82) is 0 Å². The maximum Gasteiger partial charge on any atom is 0.166 e. The fraction of sp³-hybridized carbons (Fsp3) is 1.00. The van der Waals surface area contributed by atoms with Gasteiger partial charge >= 0.3 is 0 Å². The van der Waals surface area contributed by atoms with E-state index in [9.17, 15) is 10.2 Å². The molecule has 3 aliphatic rings. The maximum atomic E-state index is 10.4. The average Bonchev–Trinajstić information content (AvgIpc) is 2.73. The van der Waals surface area contributed by atoms with Gasteiger partial charge in [-0.05, 0) is 0 Å². The van der Waals surface area contributed by atoms with E-state index in [1.807, 2.05) is 0 Å². The Morgan fingerprint density at radius 3 is 2.94 bits per heavy atom. The quantitative estimate of drug-likeness (QED) is 0.625. The Morgan fingerprint density at radius 2 is 2.25 bits per heavy atom. The summed E-state index contributed by atoms with van der Waals surface area (Å²) >= 11 is 6.09. The lowest BCUT2D eigenvalue weighted by Gasteiger charge is -2.36. The molecule has 0 aromatic carbocycles. The molecule has 0 amide bonds. The van der Waals surface area contributed by atoms with Crippen molar-refractivity contribution >= 4 is 11.6 Å². The van der Waals surface area contributed by atoms with Gasteiger partial charge in [0.25, 0.3) is 0 Å². The van der Waals surface area contributed by atoms with Gasteiger partial charge in [-0.15, -0.1) is 11.6 Å². The third-order valence-corrected chi connectivity index (χ3v) is 4.68. The van der Waals surface area contributed by atoms with Crippen molar-refractivity contribution < 1.29 is 24.4 Å². The third-order valence-electron chi connectivity index (χ3n) is 4.04. The lowest BCUT2D eigenvalue weighted by Crippen LogP contribution is -2.46. The van der Waals surface area contributed by atoms with Crippen molar-refractivity contribution in [2.45, 2.75) is 36.1 Å². The monoisotopic (exact) mass is 250 g/mol. The standard InChI is InChI=1S/C10H15ClO5/c1-14-5-2-4-6-9(16-5)15-3-10(6,13)8(11)7(4)12/h4-9,12-13H,2-3H2,1H3/t4?,5-,6?,7-,8?,9?,10+/m0/s1. The summed E-state index contributed by atoms with van der Waals surface area (Å²) in [6.45, 7) is 0.112. The summed E-state index contributed by atoms with van der Waals surface area (Å²) in [5.41, 5.74) is -1.17. The normalized spacial score (nSPS) is 60.0. The Morgan fingerprint density at radius 1 is 1.50 bits per heavy atom. The first-order valence-electron chi connectivity index (χ1n) is 5.42. The molecule has 5 nitrogen and oxygen atoms in total. The molecule has 1 aliphatic carbocycles. The van der Waals surface area contributed by atoms with Gasteiger partial charge in [0.05, 0.1) is 18.1 Å². The SMILES string of the molecule is CO[C@@H]1CC2C3C(OC[C@]3(O)C(Cl)[C@H]2O)O1. The van der Waals surface area contributed by atoms with Gasteiger partial charge in [0.1, 0.15) is 5.60 Å². The van der Waals surface area contributed by atoms with Gasteiger partial charge in [-0.25, -0.2) is 0 Å². The Balaban J connectivity index is 1.93. The number of methoxy groups -OCH3 is 1. The first-order valence-corrected chi connectivity index (χ1v) is 5.86. The highest BCUT2D eigenvalue weighted by Gasteiger charge is 2.67. The van der Waals surface area contributed by atoms with E-state index in [0.717, 1.165) is 0 Å². The highest BCUT2D eigenvalue weighted by atomic mass is 35.5. The smallest absolute Gasteiger partial charge is 0.166 e. The van der Waals surface area contributed by atoms with Crippen LogP contribution in [0.4, 0.5) is 0 Å². The minimum absolute atomic E-state index is 0.112. The fourth-order valence-electron chi connectivity index (χ4n) is 3.20. The van der Waals surface area contributed by atoms with Gasteiger partial charge in [0.15, 0.2) is 12.6 Å². The van der Waals surface area contributed by atoms with Gasteiger partial charge < -0.3 is 24.4 Å². The van der Waals surface area contributed by atoms with Crippen molar-refractivity contribution in [3.8, 4) is 0 Å². The van der Waals surface area contributed by atoms with Crippen molar-refractivity contribution in [3.05, 3.63) is 0 Å². The van der Waals surface area contributed by atoms with Gasteiger partial charge in [0.2, 0.25) is 0 Å². The van der Waals surface area contributed by atoms with Crippen LogP contribution in [-0.4, -0.2) is 53.6 Å². The summed E-state index contributed by atoms with van der Waals surface area (Å²) < 4.78 is 16.1. The summed E-state index contributed by atoms with van der Waals surface area (Å²) in [6.07, 6.45) is -1.12. The van der Waals surface area contributed by atoms with E-state index < -0.39 is 29.7 Å². The molecule has 2 heterocycles. The van der Waals surface area contributed by atoms with Crippen LogP contribution in [-0.2, 0) is 14.2 Å². The second-order valence-corrected chi connectivity index (χ2v) is 5.26. The number of alkyl halides is 1. The molecular weight excluding hydrogens is 236 g/mol. The van der Waals surface area contributed by atoms with E-state index in [0.29, 0.717) is 6.42 Å². The van der Waals surface area contributed by atoms with Crippen LogP contribution in [0.2, 0.25) is 0 Å². The molecule has 7 atom stereocenters. The topological polar surface area (TPSA) is 68.2 Å². The number of ether oxygens (including phenoxy) is 3. The van der Waals surface area contributed by atoms with Gasteiger partial charge in [-0.2, -0.15) is 0 Å². The third kappa shape index (κ3) is 1.24. The number of rotatable bonds is 1. The lowest BCUT2D eigenvalue weighted by atomic mass is 9.84. The van der Waals surface area contributed by atoms with Gasteiger partial charge in [0, 0.05) is 25.4 Å². The summed E-state index contributed by atoms with van der Waals surface area (Å²) in [7, 11) is 1.55. The molecule has 2 N–H and O–H groups in total. The average molecular weight is 251 g/mol.